The molecule has 3 aromatic rings. The molecular weight excluding hydrogens is 316 g/mol. The van der Waals surface area contributed by atoms with Gasteiger partial charge in [0.1, 0.15) is 5.75 Å². The Balaban J connectivity index is 0.00000176. The molecule has 5 heteroatoms. The van der Waals surface area contributed by atoms with Crippen LogP contribution < -0.4 is 10.1 Å². The second-order valence-electron chi connectivity index (χ2n) is 4.76. The number of methoxy groups -OCH3 is 1. The molecule has 3 nitrogen and oxygen atoms in total. The smallest absolute Gasteiger partial charge is 0.187 e. The van der Waals surface area contributed by atoms with E-state index in [2.05, 4.69) is 46.9 Å². The lowest BCUT2D eigenvalue weighted by atomic mass is 10.1. The maximum absolute atomic E-state index is 5.22. The molecule has 114 valence electrons. The third-order valence-corrected chi connectivity index (χ3v) is 3.93. The Morgan fingerprint density at radius 1 is 1.09 bits per heavy atom. The van der Waals surface area contributed by atoms with E-state index in [1.807, 2.05) is 24.3 Å². The predicted molar refractivity (Wildman–Crippen MR) is 95.8 cm³/mol. The average molecular weight is 333 g/mol. The van der Waals surface area contributed by atoms with E-state index in [1.165, 1.54) is 5.56 Å². The van der Waals surface area contributed by atoms with Gasteiger partial charge < -0.3 is 10.1 Å². The lowest BCUT2D eigenvalue weighted by molar-refractivity contribution is 0.415. The van der Waals surface area contributed by atoms with Gasteiger partial charge in [-0.25, -0.2) is 4.98 Å². The van der Waals surface area contributed by atoms with E-state index in [9.17, 15) is 0 Å². The molecule has 0 radical (unpaired) electrons. The molecule has 0 saturated carbocycles. The Morgan fingerprint density at radius 3 is 2.59 bits per heavy atom. The lowest BCUT2D eigenvalue weighted by Crippen LogP contribution is -1.90. The number of nitrogens with zero attached hydrogens (tertiary/aromatic N) is 1. The first-order valence-corrected chi connectivity index (χ1v) is 7.56. The maximum atomic E-state index is 5.22. The molecule has 0 spiro atoms. The minimum Gasteiger partial charge on any atom is -0.497 e. The highest BCUT2D eigenvalue weighted by Gasteiger charge is 2.05. The van der Waals surface area contributed by atoms with Crippen molar-refractivity contribution in [3.63, 3.8) is 0 Å². The van der Waals surface area contributed by atoms with E-state index in [0.717, 1.165) is 27.8 Å². The monoisotopic (exact) mass is 332 g/mol. The van der Waals surface area contributed by atoms with E-state index < -0.39 is 0 Å². The average Bonchev–Trinajstić information content (AvgIpc) is 2.96. The van der Waals surface area contributed by atoms with Crippen molar-refractivity contribution in [1.82, 2.24) is 4.98 Å². The van der Waals surface area contributed by atoms with Crippen molar-refractivity contribution in [1.29, 1.82) is 0 Å². The minimum atomic E-state index is 0. The Labute approximate surface area is 140 Å². The highest BCUT2D eigenvalue weighted by Crippen LogP contribution is 2.28. The van der Waals surface area contributed by atoms with Crippen LogP contribution in [0, 0.1) is 6.92 Å². The molecule has 1 N–H and O–H groups in total. The van der Waals surface area contributed by atoms with Crippen LogP contribution in [0.25, 0.3) is 11.3 Å². The molecule has 22 heavy (non-hydrogen) atoms. The quantitative estimate of drug-likeness (QED) is 0.704. The van der Waals surface area contributed by atoms with Gasteiger partial charge >= 0.3 is 0 Å². The summed E-state index contributed by atoms with van der Waals surface area (Å²) < 4.78 is 5.22. The summed E-state index contributed by atoms with van der Waals surface area (Å²) in [6, 6.07) is 16.2. The summed E-state index contributed by atoms with van der Waals surface area (Å²) in [6.07, 6.45) is 0. The lowest BCUT2D eigenvalue weighted by Gasteiger charge is -2.04. The largest absolute Gasteiger partial charge is 0.497 e. The number of anilines is 2. The van der Waals surface area contributed by atoms with Crippen LogP contribution in [-0.4, -0.2) is 12.1 Å². The topological polar surface area (TPSA) is 34.1 Å². The van der Waals surface area contributed by atoms with Crippen molar-refractivity contribution in [3.05, 3.63) is 59.5 Å². The van der Waals surface area contributed by atoms with E-state index in [4.69, 9.17) is 4.74 Å². The van der Waals surface area contributed by atoms with Crippen LogP contribution in [-0.2, 0) is 0 Å². The van der Waals surface area contributed by atoms with Crippen LogP contribution in [0.2, 0.25) is 0 Å². The molecule has 0 atom stereocenters. The van der Waals surface area contributed by atoms with E-state index in [-0.39, 0.29) is 12.4 Å². The van der Waals surface area contributed by atoms with Crippen molar-refractivity contribution >= 4 is 34.6 Å². The van der Waals surface area contributed by atoms with Gasteiger partial charge in [0.25, 0.3) is 0 Å². The van der Waals surface area contributed by atoms with Crippen molar-refractivity contribution in [2.75, 3.05) is 12.4 Å². The van der Waals surface area contributed by atoms with Gasteiger partial charge in [-0.2, -0.15) is 0 Å². The number of aryl methyl sites for hydroxylation is 1. The number of ether oxygens (including phenoxy) is 1. The second-order valence-corrected chi connectivity index (χ2v) is 5.62. The fourth-order valence-corrected chi connectivity index (χ4v) is 2.75. The fourth-order valence-electron chi connectivity index (χ4n) is 2.01. The number of halogens is 1. The Bertz CT molecular complexity index is 740. The van der Waals surface area contributed by atoms with Crippen LogP contribution in [0.3, 0.4) is 0 Å². The fraction of sp³-hybridized carbons (Fsp3) is 0.118. The summed E-state index contributed by atoms with van der Waals surface area (Å²) in [5.74, 6) is 0.829. The first-order valence-electron chi connectivity index (χ1n) is 6.68. The van der Waals surface area contributed by atoms with Crippen LogP contribution in [0.4, 0.5) is 10.8 Å². The zero-order valence-corrected chi connectivity index (χ0v) is 14.0. The molecule has 0 fully saturated rings. The van der Waals surface area contributed by atoms with Crippen molar-refractivity contribution in [2.24, 2.45) is 0 Å². The molecule has 0 bridgehead atoms. The van der Waals surface area contributed by atoms with Gasteiger partial charge in [0.05, 0.1) is 12.8 Å². The zero-order valence-electron chi connectivity index (χ0n) is 12.4. The summed E-state index contributed by atoms with van der Waals surface area (Å²) in [5, 5.41) is 6.24. The highest BCUT2D eigenvalue weighted by molar-refractivity contribution is 7.14. The Kier molecular flexibility index (Phi) is 5.41. The molecule has 2 aromatic carbocycles. The number of aromatic nitrogens is 1. The Hall–Kier alpha value is -2.04. The van der Waals surface area contributed by atoms with Crippen LogP contribution in [0.5, 0.6) is 5.75 Å². The summed E-state index contributed by atoms with van der Waals surface area (Å²) in [4.78, 5) is 4.63. The molecule has 0 aliphatic heterocycles. The third-order valence-electron chi connectivity index (χ3n) is 3.17. The summed E-state index contributed by atoms with van der Waals surface area (Å²) >= 11 is 1.59. The Morgan fingerprint density at radius 2 is 1.86 bits per heavy atom. The first kappa shape index (κ1) is 16.3. The third kappa shape index (κ3) is 3.78. The number of nitrogens with one attached hydrogen (secondary N) is 1. The van der Waals surface area contributed by atoms with Gasteiger partial charge in [-0.3, -0.25) is 0 Å². The molecule has 1 aromatic heterocycles. The standard InChI is InChI=1S/C17H16N2OS.ClH/c1-12-6-8-13(9-7-12)16-11-21-17(19-16)18-14-4-3-5-15(10-14)20-2;/h3-11H,1-2H3,(H,18,19);1H. The molecular formula is C17H17ClN2OS. The molecule has 0 aliphatic carbocycles. The van der Waals surface area contributed by atoms with Crippen LogP contribution in [0.1, 0.15) is 5.56 Å². The highest BCUT2D eigenvalue weighted by atomic mass is 35.5. The van der Waals surface area contributed by atoms with Crippen LogP contribution in [0.15, 0.2) is 53.9 Å². The number of thiazole rings is 1. The van der Waals surface area contributed by atoms with E-state index >= 15 is 0 Å². The molecule has 0 unspecified atom stereocenters. The number of hydrogen-bond acceptors (Lipinski definition) is 4. The zero-order chi connectivity index (χ0) is 14.7. The van der Waals surface area contributed by atoms with Gasteiger partial charge in [-0.05, 0) is 19.1 Å². The maximum Gasteiger partial charge on any atom is 0.187 e. The SMILES string of the molecule is COc1cccc(Nc2nc(-c3ccc(C)cc3)cs2)c1.Cl. The summed E-state index contributed by atoms with van der Waals surface area (Å²) in [6.45, 7) is 2.08. The van der Waals surface area contributed by atoms with Gasteiger partial charge in [0, 0.05) is 22.7 Å². The minimum absolute atomic E-state index is 0. The number of rotatable bonds is 4. The number of hydrogen-bond donors (Lipinski definition) is 1. The van der Waals surface area contributed by atoms with Crippen molar-refractivity contribution in [2.45, 2.75) is 6.92 Å². The second kappa shape index (κ2) is 7.29. The molecule has 3 rings (SSSR count). The van der Waals surface area contributed by atoms with Crippen molar-refractivity contribution < 1.29 is 4.74 Å². The van der Waals surface area contributed by atoms with Gasteiger partial charge in [-0.1, -0.05) is 35.9 Å². The van der Waals surface area contributed by atoms with Gasteiger partial charge in [0.15, 0.2) is 5.13 Å². The van der Waals surface area contributed by atoms with Crippen molar-refractivity contribution in [3.8, 4) is 17.0 Å². The summed E-state index contributed by atoms with van der Waals surface area (Å²) in [7, 11) is 1.66. The molecule has 0 amide bonds. The summed E-state index contributed by atoms with van der Waals surface area (Å²) in [5.41, 5.74) is 4.35. The normalized spacial score (nSPS) is 9.91. The molecule has 1 heterocycles. The predicted octanol–water partition coefficient (Wildman–Crippen LogP) is 5.29. The molecule has 0 aliphatic rings. The van der Waals surface area contributed by atoms with E-state index in [0.29, 0.717) is 0 Å². The van der Waals surface area contributed by atoms with Crippen LogP contribution >= 0.6 is 23.7 Å². The number of benzene rings is 2. The van der Waals surface area contributed by atoms with E-state index in [1.54, 1.807) is 18.4 Å². The van der Waals surface area contributed by atoms with Gasteiger partial charge in [-0.15, -0.1) is 23.7 Å². The van der Waals surface area contributed by atoms with Gasteiger partial charge in [0.2, 0.25) is 0 Å². The molecule has 0 saturated heterocycles. The first-order chi connectivity index (χ1) is 10.2.